The van der Waals surface area contributed by atoms with Gasteiger partial charge in [0.2, 0.25) is 0 Å². The lowest BCUT2D eigenvalue weighted by atomic mass is 10.1. The zero-order valence-electron chi connectivity index (χ0n) is 13.9. The number of aromatic nitrogens is 3. The van der Waals surface area contributed by atoms with Crippen molar-refractivity contribution in [2.45, 2.75) is 0 Å². The molecular formula is C18H18ClN5O. The molecule has 1 saturated heterocycles. The summed E-state index contributed by atoms with van der Waals surface area (Å²) in [5.41, 5.74) is 2.98. The van der Waals surface area contributed by atoms with Crippen LogP contribution in [0.25, 0.3) is 16.9 Å². The summed E-state index contributed by atoms with van der Waals surface area (Å²) in [6.45, 7) is 3.23. The standard InChI is InChI=1S/C18H18ClN5O/c1-22-8-10-23(11-9-22)18(25)14-3-2-13(12-15(14)19)16-4-5-17-20-6-7-24(17)21-16/h2-7,12H,8-11H2,1H3. The van der Waals surface area contributed by atoms with Crippen molar-refractivity contribution in [3.05, 3.63) is 53.3 Å². The van der Waals surface area contributed by atoms with Gasteiger partial charge in [-0.15, -0.1) is 0 Å². The first-order valence-corrected chi connectivity index (χ1v) is 8.58. The monoisotopic (exact) mass is 355 g/mol. The number of halogens is 1. The fourth-order valence-electron chi connectivity index (χ4n) is 3.00. The van der Waals surface area contributed by atoms with E-state index in [0.29, 0.717) is 10.6 Å². The molecule has 0 aliphatic carbocycles. The van der Waals surface area contributed by atoms with E-state index in [1.54, 1.807) is 29.0 Å². The molecular weight excluding hydrogens is 338 g/mol. The topological polar surface area (TPSA) is 53.7 Å². The summed E-state index contributed by atoms with van der Waals surface area (Å²) in [6, 6.07) is 9.28. The van der Waals surface area contributed by atoms with Crippen LogP contribution in [-0.2, 0) is 0 Å². The molecule has 0 N–H and O–H groups in total. The first kappa shape index (κ1) is 16.1. The molecule has 2 aromatic heterocycles. The maximum Gasteiger partial charge on any atom is 0.255 e. The molecule has 0 bridgehead atoms. The smallest absolute Gasteiger partial charge is 0.255 e. The summed E-state index contributed by atoms with van der Waals surface area (Å²) in [5, 5.41) is 4.97. The molecule has 3 aromatic rings. The van der Waals surface area contributed by atoms with Gasteiger partial charge in [0.25, 0.3) is 5.91 Å². The quantitative estimate of drug-likeness (QED) is 0.708. The maximum atomic E-state index is 12.7. The normalized spacial score (nSPS) is 15.7. The Bertz CT molecular complexity index is 930. The number of nitrogens with zero attached hydrogens (tertiary/aromatic N) is 5. The zero-order chi connectivity index (χ0) is 17.4. The maximum absolute atomic E-state index is 12.7. The molecule has 4 rings (SSSR count). The predicted octanol–water partition coefficient (Wildman–Crippen LogP) is 2.44. The van der Waals surface area contributed by atoms with E-state index in [0.717, 1.165) is 43.1 Å². The van der Waals surface area contributed by atoms with Crippen molar-refractivity contribution in [2.24, 2.45) is 0 Å². The molecule has 1 amide bonds. The molecule has 0 saturated carbocycles. The lowest BCUT2D eigenvalue weighted by Gasteiger charge is -2.32. The van der Waals surface area contributed by atoms with Gasteiger partial charge in [-0.2, -0.15) is 5.10 Å². The second-order valence-electron chi connectivity index (χ2n) is 6.24. The Morgan fingerprint density at radius 3 is 2.68 bits per heavy atom. The average Bonchev–Trinajstić information content (AvgIpc) is 3.09. The number of piperazine rings is 1. The molecule has 0 unspecified atom stereocenters. The first-order valence-electron chi connectivity index (χ1n) is 8.20. The number of imidazole rings is 1. The van der Waals surface area contributed by atoms with Crippen LogP contribution >= 0.6 is 11.6 Å². The molecule has 128 valence electrons. The van der Waals surface area contributed by atoms with Crippen LogP contribution in [0.1, 0.15) is 10.4 Å². The Balaban J connectivity index is 1.61. The minimum absolute atomic E-state index is 0.0114. The second-order valence-corrected chi connectivity index (χ2v) is 6.65. The van der Waals surface area contributed by atoms with E-state index in [2.05, 4.69) is 22.0 Å². The average molecular weight is 356 g/mol. The highest BCUT2D eigenvalue weighted by molar-refractivity contribution is 6.34. The number of likely N-dealkylation sites (N-methyl/N-ethyl adjacent to an activating group) is 1. The van der Waals surface area contributed by atoms with Crippen molar-refractivity contribution in [3.8, 4) is 11.3 Å². The fraction of sp³-hybridized carbons (Fsp3) is 0.278. The van der Waals surface area contributed by atoms with Gasteiger partial charge in [-0.3, -0.25) is 4.79 Å². The number of hydrogen-bond donors (Lipinski definition) is 0. The van der Waals surface area contributed by atoms with Crippen LogP contribution in [0, 0.1) is 0 Å². The van der Waals surface area contributed by atoms with E-state index in [9.17, 15) is 4.79 Å². The Hall–Kier alpha value is -2.44. The van der Waals surface area contributed by atoms with Crippen molar-refractivity contribution in [1.29, 1.82) is 0 Å². The third-order valence-electron chi connectivity index (χ3n) is 4.54. The first-order chi connectivity index (χ1) is 12.1. The lowest BCUT2D eigenvalue weighted by molar-refractivity contribution is 0.0664. The van der Waals surface area contributed by atoms with Crippen LogP contribution < -0.4 is 0 Å². The summed E-state index contributed by atoms with van der Waals surface area (Å²) in [7, 11) is 2.06. The molecule has 0 atom stereocenters. The van der Waals surface area contributed by atoms with Crippen LogP contribution in [0.3, 0.4) is 0 Å². The molecule has 3 heterocycles. The van der Waals surface area contributed by atoms with E-state index in [1.807, 2.05) is 23.1 Å². The zero-order valence-corrected chi connectivity index (χ0v) is 14.6. The van der Waals surface area contributed by atoms with E-state index in [4.69, 9.17) is 11.6 Å². The van der Waals surface area contributed by atoms with Gasteiger partial charge in [0, 0.05) is 44.1 Å². The van der Waals surface area contributed by atoms with Crippen LogP contribution in [0.15, 0.2) is 42.7 Å². The molecule has 25 heavy (non-hydrogen) atoms. The summed E-state index contributed by atoms with van der Waals surface area (Å²) < 4.78 is 1.71. The Kier molecular flexibility index (Phi) is 4.15. The number of hydrogen-bond acceptors (Lipinski definition) is 4. The van der Waals surface area contributed by atoms with Crippen LogP contribution in [0.5, 0.6) is 0 Å². The summed E-state index contributed by atoms with van der Waals surface area (Å²) >= 11 is 6.41. The Morgan fingerprint density at radius 1 is 1.12 bits per heavy atom. The van der Waals surface area contributed by atoms with Crippen molar-refractivity contribution in [3.63, 3.8) is 0 Å². The van der Waals surface area contributed by atoms with Crippen LogP contribution in [-0.4, -0.2) is 63.5 Å². The summed E-state index contributed by atoms with van der Waals surface area (Å²) in [5.74, 6) is -0.0114. The van der Waals surface area contributed by atoms with Gasteiger partial charge in [-0.05, 0) is 31.3 Å². The Labute approximate surface area is 150 Å². The summed E-state index contributed by atoms with van der Waals surface area (Å²) in [4.78, 5) is 21.0. The van der Waals surface area contributed by atoms with E-state index in [-0.39, 0.29) is 5.91 Å². The molecule has 7 heteroatoms. The third-order valence-corrected chi connectivity index (χ3v) is 4.85. The lowest BCUT2D eigenvalue weighted by Crippen LogP contribution is -2.47. The van der Waals surface area contributed by atoms with Gasteiger partial charge >= 0.3 is 0 Å². The largest absolute Gasteiger partial charge is 0.336 e. The highest BCUT2D eigenvalue weighted by Gasteiger charge is 2.22. The van der Waals surface area contributed by atoms with Gasteiger partial charge in [0.1, 0.15) is 0 Å². The van der Waals surface area contributed by atoms with Crippen LogP contribution in [0.2, 0.25) is 5.02 Å². The van der Waals surface area contributed by atoms with Gasteiger partial charge in [0.05, 0.1) is 16.3 Å². The van der Waals surface area contributed by atoms with E-state index >= 15 is 0 Å². The van der Waals surface area contributed by atoms with Crippen molar-refractivity contribution >= 4 is 23.2 Å². The number of benzene rings is 1. The van der Waals surface area contributed by atoms with Gasteiger partial charge < -0.3 is 9.80 Å². The number of carbonyl (C=O) groups is 1. The van der Waals surface area contributed by atoms with E-state index < -0.39 is 0 Å². The second kappa shape index (κ2) is 6.46. The van der Waals surface area contributed by atoms with Crippen LogP contribution in [0.4, 0.5) is 0 Å². The minimum Gasteiger partial charge on any atom is -0.336 e. The molecule has 6 nitrogen and oxygen atoms in total. The SMILES string of the molecule is CN1CCN(C(=O)c2ccc(-c3ccc4nccn4n3)cc2Cl)CC1. The number of carbonyl (C=O) groups excluding carboxylic acids is 1. The summed E-state index contributed by atoms with van der Waals surface area (Å²) in [6.07, 6.45) is 3.50. The molecule has 1 fully saturated rings. The predicted molar refractivity (Wildman–Crippen MR) is 96.8 cm³/mol. The number of amides is 1. The molecule has 0 spiro atoms. The minimum atomic E-state index is -0.0114. The van der Waals surface area contributed by atoms with Crippen molar-refractivity contribution in [2.75, 3.05) is 33.2 Å². The van der Waals surface area contributed by atoms with Gasteiger partial charge in [-0.1, -0.05) is 17.7 Å². The number of rotatable bonds is 2. The molecule has 0 radical (unpaired) electrons. The number of fused-ring (bicyclic) bond motifs is 1. The van der Waals surface area contributed by atoms with Crippen molar-refractivity contribution in [1.82, 2.24) is 24.4 Å². The highest BCUT2D eigenvalue weighted by atomic mass is 35.5. The fourth-order valence-corrected chi connectivity index (χ4v) is 3.26. The molecule has 1 aliphatic rings. The van der Waals surface area contributed by atoms with E-state index in [1.165, 1.54) is 0 Å². The third kappa shape index (κ3) is 3.10. The highest BCUT2D eigenvalue weighted by Crippen LogP contribution is 2.26. The van der Waals surface area contributed by atoms with Gasteiger partial charge in [0.15, 0.2) is 5.65 Å². The molecule has 1 aliphatic heterocycles. The van der Waals surface area contributed by atoms with Crippen molar-refractivity contribution < 1.29 is 4.79 Å². The van der Waals surface area contributed by atoms with Gasteiger partial charge in [-0.25, -0.2) is 9.50 Å². The molecule has 1 aromatic carbocycles. The Morgan fingerprint density at radius 2 is 1.92 bits per heavy atom.